The van der Waals surface area contributed by atoms with Crippen LogP contribution in [0.15, 0.2) is 103 Å². The molecule has 0 heterocycles. The first-order chi connectivity index (χ1) is 21.9. The van der Waals surface area contributed by atoms with Gasteiger partial charge in [0, 0.05) is 19.5 Å². The van der Waals surface area contributed by atoms with Gasteiger partial charge in [-0.25, -0.2) is 4.79 Å². The Hall–Kier alpha value is -4.26. The second kappa shape index (κ2) is 17.9. The zero-order valence-electron chi connectivity index (χ0n) is 26.5. The van der Waals surface area contributed by atoms with Crippen molar-refractivity contribution in [2.24, 2.45) is 0 Å². The Balaban J connectivity index is 1.44. The van der Waals surface area contributed by atoms with E-state index in [1.165, 1.54) is 16.7 Å². The maximum Gasteiger partial charge on any atom is 0.335 e. The lowest BCUT2D eigenvalue weighted by atomic mass is 10.0. The highest BCUT2D eigenvalue weighted by molar-refractivity contribution is 5.87. The minimum atomic E-state index is -0.936. The second-order valence-corrected chi connectivity index (χ2v) is 11.5. The van der Waals surface area contributed by atoms with E-state index in [0.717, 1.165) is 48.9 Å². The third kappa shape index (κ3) is 11.6. The smallest absolute Gasteiger partial charge is 0.335 e. The van der Waals surface area contributed by atoms with Crippen LogP contribution in [0, 0.1) is 6.92 Å². The van der Waals surface area contributed by atoms with E-state index in [-0.39, 0.29) is 17.6 Å². The standard InChI is InChI=1S/C39H45NO5/c1-3-44-38(41)11-7-8-26-40(27-33-20-24-36(25-21-33)39(42)43)28-37(35-22-12-30(2)13-23-35)45-29-34-18-16-32(17-19-34)15-14-31-9-5-4-6-10-31/h4-6,9-10,12-13,16-25,37H,3,7-8,11,14-15,26-29H2,1-2H3,(H,42,43). The molecule has 0 spiro atoms. The van der Waals surface area contributed by atoms with E-state index in [4.69, 9.17) is 9.47 Å². The van der Waals surface area contributed by atoms with Crippen molar-refractivity contribution in [2.75, 3.05) is 19.7 Å². The van der Waals surface area contributed by atoms with Gasteiger partial charge < -0.3 is 14.6 Å². The fourth-order valence-corrected chi connectivity index (χ4v) is 5.29. The molecule has 6 nitrogen and oxygen atoms in total. The Morgan fingerprint density at radius 3 is 2.02 bits per heavy atom. The predicted octanol–water partition coefficient (Wildman–Crippen LogP) is 7.97. The largest absolute Gasteiger partial charge is 0.478 e. The van der Waals surface area contributed by atoms with Crippen LogP contribution in [0.2, 0.25) is 0 Å². The fourth-order valence-electron chi connectivity index (χ4n) is 5.29. The molecule has 0 bridgehead atoms. The maximum absolute atomic E-state index is 11.9. The average molecular weight is 608 g/mol. The van der Waals surface area contributed by atoms with Gasteiger partial charge in [-0.15, -0.1) is 0 Å². The molecule has 1 N–H and O–H groups in total. The van der Waals surface area contributed by atoms with Gasteiger partial charge in [0.15, 0.2) is 0 Å². The number of carboxylic acids is 1. The van der Waals surface area contributed by atoms with Crippen LogP contribution in [0.25, 0.3) is 0 Å². The average Bonchev–Trinajstić information content (AvgIpc) is 3.05. The Kier molecular flexibility index (Phi) is 13.4. The number of benzene rings is 4. The summed E-state index contributed by atoms with van der Waals surface area (Å²) in [4.78, 5) is 25.6. The van der Waals surface area contributed by atoms with E-state index in [1.807, 2.05) is 25.1 Å². The molecule has 45 heavy (non-hydrogen) atoms. The van der Waals surface area contributed by atoms with Crippen LogP contribution in [0.5, 0.6) is 0 Å². The van der Waals surface area contributed by atoms with Gasteiger partial charge in [-0.05, 0) is 86.0 Å². The Labute approximate surface area is 267 Å². The van der Waals surface area contributed by atoms with Crippen LogP contribution in [0.4, 0.5) is 0 Å². The minimum absolute atomic E-state index is 0.166. The maximum atomic E-state index is 11.9. The molecular weight excluding hydrogens is 562 g/mol. The van der Waals surface area contributed by atoms with Gasteiger partial charge in [0.05, 0.1) is 24.9 Å². The number of ether oxygens (including phenoxy) is 2. The van der Waals surface area contributed by atoms with Crippen molar-refractivity contribution in [3.8, 4) is 0 Å². The van der Waals surface area contributed by atoms with E-state index >= 15 is 0 Å². The molecular formula is C39H45NO5. The molecule has 0 aromatic heterocycles. The number of unbranched alkanes of at least 4 members (excludes halogenated alkanes) is 1. The lowest BCUT2D eigenvalue weighted by molar-refractivity contribution is -0.143. The molecule has 1 atom stereocenters. The lowest BCUT2D eigenvalue weighted by Gasteiger charge is -2.28. The first-order valence-corrected chi connectivity index (χ1v) is 15.9. The monoisotopic (exact) mass is 607 g/mol. The number of carbonyl (C=O) groups is 2. The van der Waals surface area contributed by atoms with Crippen LogP contribution >= 0.6 is 0 Å². The van der Waals surface area contributed by atoms with Crippen molar-refractivity contribution in [1.29, 1.82) is 0 Å². The lowest BCUT2D eigenvalue weighted by Crippen LogP contribution is -2.30. The summed E-state index contributed by atoms with van der Waals surface area (Å²) in [6, 6.07) is 34.8. The number of aryl methyl sites for hydroxylation is 3. The molecule has 0 amide bonds. The summed E-state index contributed by atoms with van der Waals surface area (Å²) in [6.45, 7) is 6.84. The van der Waals surface area contributed by atoms with E-state index in [1.54, 1.807) is 12.1 Å². The van der Waals surface area contributed by atoms with Gasteiger partial charge in [-0.2, -0.15) is 0 Å². The van der Waals surface area contributed by atoms with Crippen molar-refractivity contribution in [3.63, 3.8) is 0 Å². The van der Waals surface area contributed by atoms with Crippen molar-refractivity contribution < 1.29 is 24.2 Å². The summed E-state index contributed by atoms with van der Waals surface area (Å²) in [5, 5.41) is 9.33. The van der Waals surface area contributed by atoms with Gasteiger partial charge in [0.1, 0.15) is 0 Å². The van der Waals surface area contributed by atoms with Crippen molar-refractivity contribution in [3.05, 3.63) is 142 Å². The molecule has 0 saturated carbocycles. The molecule has 4 rings (SSSR count). The quantitative estimate of drug-likeness (QED) is 0.0913. The number of rotatable bonds is 18. The molecule has 0 aliphatic heterocycles. The summed E-state index contributed by atoms with van der Waals surface area (Å²) in [5.41, 5.74) is 7.37. The van der Waals surface area contributed by atoms with Crippen molar-refractivity contribution >= 4 is 11.9 Å². The number of esters is 1. The first-order valence-electron chi connectivity index (χ1n) is 15.9. The SMILES string of the molecule is CCOC(=O)CCCCN(Cc1ccc(C(=O)O)cc1)CC(OCc1ccc(CCc2ccccc2)cc1)c1ccc(C)cc1. The number of aromatic carboxylic acids is 1. The number of nitrogens with zero attached hydrogens (tertiary/aromatic N) is 1. The highest BCUT2D eigenvalue weighted by Gasteiger charge is 2.18. The van der Waals surface area contributed by atoms with Crippen LogP contribution < -0.4 is 0 Å². The van der Waals surface area contributed by atoms with Gasteiger partial charge in [-0.3, -0.25) is 9.69 Å². The summed E-state index contributed by atoms with van der Waals surface area (Å²) in [7, 11) is 0. The van der Waals surface area contributed by atoms with Gasteiger partial charge in [0.2, 0.25) is 0 Å². The normalized spacial score (nSPS) is 11.8. The highest BCUT2D eigenvalue weighted by Crippen LogP contribution is 2.23. The van der Waals surface area contributed by atoms with E-state index in [0.29, 0.717) is 32.7 Å². The summed E-state index contributed by atoms with van der Waals surface area (Å²) < 4.78 is 11.7. The van der Waals surface area contributed by atoms with Crippen molar-refractivity contribution in [1.82, 2.24) is 4.90 Å². The fraction of sp³-hybridized carbons (Fsp3) is 0.333. The van der Waals surface area contributed by atoms with E-state index in [2.05, 4.69) is 84.6 Å². The predicted molar refractivity (Wildman–Crippen MR) is 178 cm³/mol. The van der Waals surface area contributed by atoms with Crippen LogP contribution in [-0.4, -0.2) is 41.6 Å². The first kappa shape index (κ1) is 33.6. The van der Waals surface area contributed by atoms with Gasteiger partial charge in [-0.1, -0.05) is 96.6 Å². The molecule has 236 valence electrons. The number of carbonyl (C=O) groups excluding carboxylic acids is 1. The number of carboxylic acid groups (broad SMARTS) is 1. The molecule has 0 fully saturated rings. The van der Waals surface area contributed by atoms with Crippen LogP contribution in [0.1, 0.15) is 76.0 Å². The third-order valence-electron chi connectivity index (χ3n) is 7.91. The van der Waals surface area contributed by atoms with E-state index in [9.17, 15) is 14.7 Å². The summed E-state index contributed by atoms with van der Waals surface area (Å²) in [5.74, 6) is -1.10. The van der Waals surface area contributed by atoms with Crippen LogP contribution in [0.3, 0.4) is 0 Å². The Morgan fingerprint density at radius 1 is 0.756 bits per heavy atom. The second-order valence-electron chi connectivity index (χ2n) is 11.5. The van der Waals surface area contributed by atoms with E-state index < -0.39 is 5.97 Å². The molecule has 4 aromatic carbocycles. The topological polar surface area (TPSA) is 76.1 Å². The van der Waals surface area contributed by atoms with Crippen LogP contribution in [-0.2, 0) is 40.3 Å². The molecule has 0 radical (unpaired) electrons. The minimum Gasteiger partial charge on any atom is -0.478 e. The third-order valence-corrected chi connectivity index (χ3v) is 7.91. The van der Waals surface area contributed by atoms with Gasteiger partial charge in [0.25, 0.3) is 0 Å². The zero-order valence-corrected chi connectivity index (χ0v) is 26.5. The molecule has 0 aliphatic rings. The number of hydrogen-bond acceptors (Lipinski definition) is 5. The molecule has 1 unspecified atom stereocenters. The zero-order chi connectivity index (χ0) is 31.9. The molecule has 0 saturated heterocycles. The number of hydrogen-bond donors (Lipinski definition) is 1. The molecule has 4 aromatic rings. The summed E-state index contributed by atoms with van der Waals surface area (Å²) >= 11 is 0. The van der Waals surface area contributed by atoms with Gasteiger partial charge >= 0.3 is 11.9 Å². The summed E-state index contributed by atoms with van der Waals surface area (Å²) in [6.07, 6.45) is 3.80. The Bertz CT molecular complexity index is 1450. The molecule has 6 heteroatoms. The molecule has 0 aliphatic carbocycles. The van der Waals surface area contributed by atoms with Crippen molar-refractivity contribution in [2.45, 2.75) is 65.2 Å². The highest BCUT2D eigenvalue weighted by atomic mass is 16.5. The Morgan fingerprint density at radius 2 is 1.38 bits per heavy atom.